The SMILES string of the molecule is O=C(O)CN(CCOc1ccc(Cl)cc1)c1ccccc1. The second kappa shape index (κ2) is 7.55. The number of para-hydroxylation sites is 1. The van der Waals surface area contributed by atoms with Crippen LogP contribution in [0.5, 0.6) is 5.75 Å². The summed E-state index contributed by atoms with van der Waals surface area (Å²) in [5, 5.41) is 9.65. The summed E-state index contributed by atoms with van der Waals surface area (Å²) in [4.78, 5) is 12.7. The number of carbonyl (C=O) groups is 1. The van der Waals surface area contributed by atoms with Gasteiger partial charge in [0.2, 0.25) is 0 Å². The van der Waals surface area contributed by atoms with E-state index in [1.165, 1.54) is 0 Å². The summed E-state index contributed by atoms with van der Waals surface area (Å²) in [6, 6.07) is 16.5. The molecule has 0 saturated carbocycles. The minimum Gasteiger partial charge on any atom is -0.492 e. The number of rotatable bonds is 7. The first-order valence-electron chi connectivity index (χ1n) is 6.55. The molecule has 2 aromatic carbocycles. The normalized spacial score (nSPS) is 10.1. The molecule has 0 unspecified atom stereocenters. The molecule has 0 atom stereocenters. The number of hydrogen-bond acceptors (Lipinski definition) is 3. The molecule has 0 spiro atoms. The minimum atomic E-state index is -0.870. The van der Waals surface area contributed by atoms with Gasteiger partial charge in [0.1, 0.15) is 18.9 Å². The Morgan fingerprint density at radius 1 is 1.10 bits per heavy atom. The van der Waals surface area contributed by atoms with Gasteiger partial charge in [0.15, 0.2) is 0 Å². The van der Waals surface area contributed by atoms with E-state index in [-0.39, 0.29) is 6.54 Å². The zero-order valence-corrected chi connectivity index (χ0v) is 12.2. The Balaban J connectivity index is 1.93. The summed E-state index contributed by atoms with van der Waals surface area (Å²) in [7, 11) is 0. The number of anilines is 1. The third kappa shape index (κ3) is 5.00. The van der Waals surface area contributed by atoms with Gasteiger partial charge < -0.3 is 14.7 Å². The topological polar surface area (TPSA) is 49.8 Å². The molecule has 2 aromatic rings. The second-order valence-electron chi connectivity index (χ2n) is 4.45. The summed E-state index contributed by atoms with van der Waals surface area (Å²) in [6.07, 6.45) is 0. The highest BCUT2D eigenvalue weighted by atomic mass is 35.5. The molecular weight excluding hydrogens is 290 g/mol. The lowest BCUT2D eigenvalue weighted by atomic mass is 10.3. The second-order valence-corrected chi connectivity index (χ2v) is 4.89. The van der Waals surface area contributed by atoms with Crippen molar-refractivity contribution < 1.29 is 14.6 Å². The van der Waals surface area contributed by atoms with Crippen LogP contribution in [-0.2, 0) is 4.79 Å². The quantitative estimate of drug-likeness (QED) is 0.852. The molecule has 2 rings (SSSR count). The van der Waals surface area contributed by atoms with Crippen molar-refractivity contribution in [2.24, 2.45) is 0 Å². The van der Waals surface area contributed by atoms with Crippen LogP contribution in [0.2, 0.25) is 5.02 Å². The highest BCUT2D eigenvalue weighted by Gasteiger charge is 2.10. The van der Waals surface area contributed by atoms with Crippen molar-refractivity contribution in [3.05, 3.63) is 59.6 Å². The number of carboxylic acids is 1. The highest BCUT2D eigenvalue weighted by molar-refractivity contribution is 6.30. The zero-order chi connectivity index (χ0) is 15.1. The molecule has 110 valence electrons. The molecule has 21 heavy (non-hydrogen) atoms. The van der Waals surface area contributed by atoms with E-state index < -0.39 is 5.97 Å². The lowest BCUT2D eigenvalue weighted by Gasteiger charge is -2.22. The Kier molecular flexibility index (Phi) is 5.46. The fourth-order valence-corrected chi connectivity index (χ4v) is 2.03. The molecular formula is C16H16ClNO3. The molecule has 0 aliphatic carbocycles. The maximum atomic E-state index is 11.0. The largest absolute Gasteiger partial charge is 0.492 e. The van der Waals surface area contributed by atoms with Gasteiger partial charge in [-0.05, 0) is 36.4 Å². The van der Waals surface area contributed by atoms with Crippen molar-refractivity contribution in [2.45, 2.75) is 0 Å². The molecule has 1 N–H and O–H groups in total. The molecule has 0 aliphatic rings. The van der Waals surface area contributed by atoms with E-state index in [9.17, 15) is 4.79 Å². The van der Waals surface area contributed by atoms with Crippen LogP contribution in [-0.4, -0.2) is 30.8 Å². The summed E-state index contributed by atoms with van der Waals surface area (Å²) >= 11 is 5.80. The molecule has 0 bridgehead atoms. The summed E-state index contributed by atoms with van der Waals surface area (Å²) in [5.74, 6) is -0.159. The lowest BCUT2D eigenvalue weighted by Crippen LogP contribution is -2.33. The van der Waals surface area contributed by atoms with E-state index in [2.05, 4.69) is 0 Å². The van der Waals surface area contributed by atoms with Gasteiger partial charge in [0, 0.05) is 10.7 Å². The van der Waals surface area contributed by atoms with Gasteiger partial charge in [-0.25, -0.2) is 0 Å². The van der Waals surface area contributed by atoms with E-state index in [0.29, 0.717) is 23.9 Å². The van der Waals surface area contributed by atoms with Crippen LogP contribution < -0.4 is 9.64 Å². The Morgan fingerprint density at radius 2 is 1.76 bits per heavy atom. The van der Waals surface area contributed by atoms with Crippen molar-refractivity contribution in [3.63, 3.8) is 0 Å². The fraction of sp³-hybridized carbons (Fsp3) is 0.188. The van der Waals surface area contributed by atoms with E-state index >= 15 is 0 Å². The lowest BCUT2D eigenvalue weighted by molar-refractivity contribution is -0.135. The van der Waals surface area contributed by atoms with E-state index in [1.54, 1.807) is 29.2 Å². The first kappa shape index (κ1) is 15.2. The molecule has 0 amide bonds. The molecule has 0 aromatic heterocycles. The number of benzene rings is 2. The van der Waals surface area contributed by atoms with E-state index in [0.717, 1.165) is 5.69 Å². The number of halogens is 1. The summed E-state index contributed by atoms with van der Waals surface area (Å²) in [5.41, 5.74) is 0.861. The molecule has 0 saturated heterocycles. The molecule has 0 fully saturated rings. The Labute approximate surface area is 128 Å². The van der Waals surface area contributed by atoms with Crippen molar-refractivity contribution in [1.82, 2.24) is 0 Å². The standard InChI is InChI=1S/C16H16ClNO3/c17-13-6-8-15(9-7-13)21-11-10-18(12-16(19)20)14-4-2-1-3-5-14/h1-9H,10-12H2,(H,19,20). The van der Waals surface area contributed by atoms with Crippen molar-refractivity contribution in [2.75, 3.05) is 24.6 Å². The van der Waals surface area contributed by atoms with Crippen molar-refractivity contribution >= 4 is 23.3 Å². The van der Waals surface area contributed by atoms with Crippen LogP contribution in [0.1, 0.15) is 0 Å². The van der Waals surface area contributed by atoms with E-state index in [1.807, 2.05) is 30.3 Å². The first-order valence-corrected chi connectivity index (χ1v) is 6.93. The average Bonchev–Trinajstić information content (AvgIpc) is 2.49. The maximum absolute atomic E-state index is 11.0. The van der Waals surface area contributed by atoms with Gasteiger partial charge in [0.25, 0.3) is 0 Å². The number of carboxylic acid groups (broad SMARTS) is 1. The maximum Gasteiger partial charge on any atom is 0.323 e. The molecule has 4 nitrogen and oxygen atoms in total. The predicted molar refractivity (Wildman–Crippen MR) is 83.2 cm³/mol. The Hall–Kier alpha value is -2.20. The third-order valence-corrected chi connectivity index (χ3v) is 3.14. The van der Waals surface area contributed by atoms with Crippen molar-refractivity contribution in [3.8, 4) is 5.75 Å². The van der Waals surface area contributed by atoms with E-state index in [4.69, 9.17) is 21.4 Å². The van der Waals surface area contributed by atoms with Crippen LogP contribution >= 0.6 is 11.6 Å². The molecule has 0 aliphatic heterocycles. The third-order valence-electron chi connectivity index (χ3n) is 2.89. The molecule has 0 heterocycles. The van der Waals surface area contributed by atoms with Crippen LogP contribution in [0.15, 0.2) is 54.6 Å². The van der Waals surface area contributed by atoms with Crippen LogP contribution in [0.3, 0.4) is 0 Å². The first-order chi connectivity index (χ1) is 10.1. The minimum absolute atomic E-state index is 0.0615. The van der Waals surface area contributed by atoms with Gasteiger partial charge in [0.05, 0.1) is 6.54 Å². The summed E-state index contributed by atoms with van der Waals surface area (Å²) < 4.78 is 5.60. The van der Waals surface area contributed by atoms with Crippen LogP contribution in [0.4, 0.5) is 5.69 Å². The monoisotopic (exact) mass is 305 g/mol. The van der Waals surface area contributed by atoms with Crippen LogP contribution in [0.25, 0.3) is 0 Å². The van der Waals surface area contributed by atoms with Gasteiger partial charge in [-0.3, -0.25) is 4.79 Å². The van der Waals surface area contributed by atoms with Gasteiger partial charge in [-0.2, -0.15) is 0 Å². The number of nitrogens with zero attached hydrogens (tertiary/aromatic N) is 1. The number of hydrogen-bond donors (Lipinski definition) is 1. The molecule has 0 radical (unpaired) electrons. The van der Waals surface area contributed by atoms with Gasteiger partial charge in [-0.15, -0.1) is 0 Å². The van der Waals surface area contributed by atoms with Crippen LogP contribution in [0, 0.1) is 0 Å². The van der Waals surface area contributed by atoms with Crippen molar-refractivity contribution in [1.29, 1.82) is 0 Å². The fourth-order valence-electron chi connectivity index (χ4n) is 1.91. The highest BCUT2D eigenvalue weighted by Crippen LogP contribution is 2.16. The predicted octanol–water partition coefficient (Wildman–Crippen LogP) is 3.31. The Bertz CT molecular complexity index is 572. The van der Waals surface area contributed by atoms with Gasteiger partial charge >= 0.3 is 5.97 Å². The Morgan fingerprint density at radius 3 is 2.38 bits per heavy atom. The molecule has 5 heteroatoms. The zero-order valence-electron chi connectivity index (χ0n) is 11.4. The average molecular weight is 306 g/mol. The number of aliphatic carboxylic acids is 1. The number of ether oxygens (including phenoxy) is 1. The smallest absolute Gasteiger partial charge is 0.323 e. The summed E-state index contributed by atoms with van der Waals surface area (Å²) in [6.45, 7) is 0.816. The van der Waals surface area contributed by atoms with Gasteiger partial charge in [-0.1, -0.05) is 29.8 Å².